The summed E-state index contributed by atoms with van der Waals surface area (Å²) in [5.74, 6) is -4.36. The number of alkyl halides is 2. The second kappa shape index (κ2) is 9.89. The van der Waals surface area contributed by atoms with Crippen LogP contribution < -0.4 is 15.0 Å². The Kier molecular flexibility index (Phi) is 6.63. The molecular formula is C31H34ClF4N7O. The van der Waals surface area contributed by atoms with Gasteiger partial charge < -0.3 is 19.9 Å². The predicted molar refractivity (Wildman–Crippen MR) is 162 cm³/mol. The fourth-order valence-electron chi connectivity index (χ4n) is 7.24. The third kappa shape index (κ3) is 4.59. The third-order valence-corrected chi connectivity index (χ3v) is 9.91. The van der Waals surface area contributed by atoms with Gasteiger partial charge in [0, 0.05) is 59.7 Å². The Morgan fingerprint density at radius 3 is 2.59 bits per heavy atom. The van der Waals surface area contributed by atoms with Crippen LogP contribution in [0, 0.1) is 30.9 Å². The quantitative estimate of drug-likeness (QED) is 0.242. The van der Waals surface area contributed by atoms with Gasteiger partial charge in [-0.05, 0) is 65.4 Å². The molecule has 1 saturated carbocycles. The van der Waals surface area contributed by atoms with Crippen molar-refractivity contribution in [2.75, 3.05) is 45.2 Å². The molecule has 0 radical (unpaired) electrons. The maximum absolute atomic E-state index is 16.8. The monoisotopic (exact) mass is 631 g/mol. The number of ether oxygens (including phenoxy) is 1. The zero-order chi connectivity index (χ0) is 31.3. The van der Waals surface area contributed by atoms with Crippen LogP contribution in [-0.2, 0) is 0 Å². The zero-order valence-corrected chi connectivity index (χ0v) is 26.0. The van der Waals surface area contributed by atoms with Gasteiger partial charge in [-0.3, -0.25) is 5.10 Å². The molecular weight excluding hydrogens is 598 g/mol. The molecule has 2 aromatic heterocycles. The Morgan fingerprint density at radius 1 is 1.16 bits per heavy atom. The number of rotatable bonds is 7. The van der Waals surface area contributed by atoms with E-state index < -0.39 is 23.0 Å². The molecule has 1 aliphatic carbocycles. The van der Waals surface area contributed by atoms with Crippen LogP contribution in [0.1, 0.15) is 37.4 Å². The van der Waals surface area contributed by atoms with Crippen LogP contribution in [0.25, 0.3) is 32.9 Å². The Labute approximate surface area is 257 Å². The molecule has 3 atom stereocenters. The van der Waals surface area contributed by atoms with Crippen molar-refractivity contribution in [1.29, 1.82) is 0 Å². The van der Waals surface area contributed by atoms with Gasteiger partial charge in [0.05, 0.1) is 21.5 Å². The molecule has 8 nitrogen and oxygen atoms in total. The average Bonchev–Trinajstić information content (AvgIpc) is 3.14. The normalized spacial score (nSPS) is 25.9. The summed E-state index contributed by atoms with van der Waals surface area (Å²) < 4.78 is 68.0. The van der Waals surface area contributed by atoms with Crippen LogP contribution in [0.3, 0.4) is 0 Å². The smallest absolute Gasteiger partial charge is 0.319 e. The van der Waals surface area contributed by atoms with E-state index in [4.69, 9.17) is 16.3 Å². The number of anilines is 1. The largest absolute Gasteiger partial charge is 0.463 e. The molecule has 3 aliphatic rings. The van der Waals surface area contributed by atoms with E-state index in [0.29, 0.717) is 41.1 Å². The lowest BCUT2D eigenvalue weighted by molar-refractivity contribution is 0.0288. The minimum absolute atomic E-state index is 0.105. The maximum Gasteiger partial charge on any atom is 0.319 e. The van der Waals surface area contributed by atoms with Crippen LogP contribution in [0.5, 0.6) is 6.01 Å². The number of aromatic amines is 1. The summed E-state index contributed by atoms with van der Waals surface area (Å²) in [6, 6.07) is 2.93. The van der Waals surface area contributed by atoms with E-state index >= 15 is 8.78 Å². The van der Waals surface area contributed by atoms with Gasteiger partial charge in [-0.2, -0.15) is 15.1 Å². The molecule has 2 saturated heterocycles. The summed E-state index contributed by atoms with van der Waals surface area (Å²) in [5, 5.41) is 11.6. The van der Waals surface area contributed by atoms with E-state index in [1.165, 1.54) is 6.07 Å². The predicted octanol–water partition coefficient (Wildman–Crippen LogP) is 6.02. The number of benzene rings is 2. The third-order valence-electron chi connectivity index (χ3n) is 9.42. The van der Waals surface area contributed by atoms with Crippen LogP contribution in [-0.4, -0.2) is 82.9 Å². The molecule has 2 aromatic carbocycles. The highest BCUT2D eigenvalue weighted by Gasteiger charge is 2.71. The second-order valence-electron chi connectivity index (χ2n) is 13.4. The molecule has 3 fully saturated rings. The Hall–Kier alpha value is -3.22. The van der Waals surface area contributed by atoms with Gasteiger partial charge in [0.2, 0.25) is 0 Å². The number of H-pyrrole nitrogens is 1. The van der Waals surface area contributed by atoms with Gasteiger partial charge in [-0.15, -0.1) is 0 Å². The Morgan fingerprint density at radius 2 is 1.91 bits per heavy atom. The number of hydrogen-bond donors (Lipinski definition) is 2. The summed E-state index contributed by atoms with van der Waals surface area (Å²) in [5.41, 5.74) is -0.228. The lowest BCUT2D eigenvalue weighted by Crippen LogP contribution is -2.58. The van der Waals surface area contributed by atoms with E-state index in [9.17, 15) is 8.78 Å². The molecule has 2 N–H and O–H groups in total. The van der Waals surface area contributed by atoms with E-state index in [-0.39, 0.29) is 64.2 Å². The van der Waals surface area contributed by atoms with Crippen LogP contribution in [0.2, 0.25) is 5.02 Å². The van der Waals surface area contributed by atoms with E-state index in [1.54, 1.807) is 38.9 Å². The first-order valence-electron chi connectivity index (χ1n) is 14.7. The minimum Gasteiger partial charge on any atom is -0.463 e. The second-order valence-corrected chi connectivity index (χ2v) is 13.8. The molecule has 0 amide bonds. The van der Waals surface area contributed by atoms with Crippen molar-refractivity contribution in [1.82, 2.24) is 30.4 Å². The zero-order valence-electron chi connectivity index (χ0n) is 25.2. The van der Waals surface area contributed by atoms with Crippen molar-refractivity contribution in [3.63, 3.8) is 0 Å². The van der Waals surface area contributed by atoms with Crippen LogP contribution in [0.15, 0.2) is 12.1 Å². The number of fused-ring (bicyclic) bond motifs is 4. The SMILES string of the molecule is Cc1cc2n[nH]c(C)c2c(-c2c(F)cc3c(N4C[C@H]5CC[C@](C)(C4)N5)nc(OC[C@]4(CN(C)C)CC4(F)F)nc3c2F)c1Cl. The molecule has 2 aliphatic heterocycles. The maximum atomic E-state index is 16.8. The van der Waals surface area contributed by atoms with Crippen molar-refractivity contribution in [2.45, 2.75) is 57.5 Å². The van der Waals surface area contributed by atoms with Crippen LogP contribution >= 0.6 is 11.6 Å². The first-order chi connectivity index (χ1) is 20.7. The molecule has 0 spiro atoms. The molecule has 4 aromatic rings. The lowest BCUT2D eigenvalue weighted by Gasteiger charge is -2.40. The van der Waals surface area contributed by atoms with Crippen molar-refractivity contribution >= 4 is 39.2 Å². The number of nitrogens with zero attached hydrogens (tertiary/aromatic N) is 5. The summed E-state index contributed by atoms with van der Waals surface area (Å²) in [7, 11) is 3.45. The van der Waals surface area contributed by atoms with Gasteiger partial charge in [0.1, 0.15) is 23.8 Å². The van der Waals surface area contributed by atoms with Crippen molar-refractivity contribution in [3.05, 3.63) is 40.0 Å². The first-order valence-corrected chi connectivity index (χ1v) is 15.1. The van der Waals surface area contributed by atoms with E-state index in [0.717, 1.165) is 12.8 Å². The van der Waals surface area contributed by atoms with Gasteiger partial charge in [-0.25, -0.2) is 17.6 Å². The first kappa shape index (κ1) is 29.5. The van der Waals surface area contributed by atoms with E-state index in [2.05, 4.69) is 32.4 Å². The highest BCUT2D eigenvalue weighted by Crippen LogP contribution is 2.60. The summed E-state index contributed by atoms with van der Waals surface area (Å²) in [6.07, 6.45) is 1.58. The number of piperazine rings is 1. The van der Waals surface area contributed by atoms with Crippen molar-refractivity contribution < 1.29 is 22.3 Å². The number of nitrogens with one attached hydrogen (secondary N) is 2. The van der Waals surface area contributed by atoms with Gasteiger partial charge in [0.15, 0.2) is 5.82 Å². The number of aromatic nitrogens is 4. The molecule has 4 heterocycles. The molecule has 2 bridgehead atoms. The Bertz CT molecular complexity index is 1830. The molecule has 44 heavy (non-hydrogen) atoms. The minimum atomic E-state index is -2.90. The Balaban J connectivity index is 1.41. The highest BCUT2D eigenvalue weighted by atomic mass is 35.5. The van der Waals surface area contributed by atoms with Gasteiger partial charge >= 0.3 is 6.01 Å². The molecule has 0 unspecified atom stereocenters. The number of hydrogen-bond acceptors (Lipinski definition) is 7. The molecule has 7 rings (SSSR count). The van der Waals surface area contributed by atoms with E-state index in [1.807, 2.05) is 4.90 Å². The van der Waals surface area contributed by atoms with Crippen LogP contribution in [0.4, 0.5) is 23.4 Å². The van der Waals surface area contributed by atoms with Gasteiger partial charge in [-0.1, -0.05) is 11.6 Å². The molecule has 13 heteroatoms. The van der Waals surface area contributed by atoms with Crippen molar-refractivity contribution in [3.8, 4) is 17.1 Å². The fourth-order valence-corrected chi connectivity index (χ4v) is 7.48. The highest BCUT2D eigenvalue weighted by molar-refractivity contribution is 6.36. The number of halogens is 5. The average molecular weight is 632 g/mol. The summed E-state index contributed by atoms with van der Waals surface area (Å²) in [6.45, 7) is 6.47. The summed E-state index contributed by atoms with van der Waals surface area (Å²) >= 11 is 6.72. The molecule has 234 valence electrons. The number of aryl methyl sites for hydroxylation is 2. The van der Waals surface area contributed by atoms with Gasteiger partial charge in [0.25, 0.3) is 5.92 Å². The lowest BCUT2D eigenvalue weighted by atomic mass is 9.95. The topological polar surface area (TPSA) is 82.2 Å². The standard InChI is InChI=1S/C31H34ClF4N7O/c1-15-8-20-21(16(2)40-41-20)23(24(15)32)22-19(33)9-18-26(25(22)34)37-28(44-14-30(13-42(4)5)11-31(30,35)36)38-27(18)43-10-17-6-7-29(3,12-43)39-17/h8-9,17,39H,6-7,10-14H2,1-5H3,(H,40,41)/t17-,29-,30-/m1/s1. The van der Waals surface area contributed by atoms with Crippen molar-refractivity contribution in [2.24, 2.45) is 5.41 Å². The fraction of sp³-hybridized carbons (Fsp3) is 0.516. The summed E-state index contributed by atoms with van der Waals surface area (Å²) in [4.78, 5) is 12.7.